The molecule has 0 heteroatoms. The quantitative estimate of drug-likeness (QED) is 0.558. The Hall–Kier alpha value is -0.780. The van der Waals surface area contributed by atoms with Crippen molar-refractivity contribution in [1.29, 1.82) is 0 Å². The van der Waals surface area contributed by atoms with Crippen LogP contribution in [0.3, 0.4) is 0 Å². The Morgan fingerprint density at radius 2 is 0.833 bits per heavy atom. The van der Waals surface area contributed by atoms with Crippen LogP contribution in [0.4, 0.5) is 0 Å². The predicted molar refractivity (Wildman–Crippen MR) is 82.6 cm³/mol. The van der Waals surface area contributed by atoms with E-state index in [-0.39, 0.29) is 0 Å². The van der Waals surface area contributed by atoms with E-state index in [1.54, 1.807) is 0 Å². The van der Waals surface area contributed by atoms with Crippen molar-refractivity contribution >= 4 is 0 Å². The van der Waals surface area contributed by atoms with Crippen molar-refractivity contribution in [1.82, 2.24) is 0 Å². The van der Waals surface area contributed by atoms with Gasteiger partial charge in [-0.25, -0.2) is 0 Å². The van der Waals surface area contributed by atoms with Gasteiger partial charge in [0.05, 0.1) is 0 Å². The summed E-state index contributed by atoms with van der Waals surface area (Å²) < 4.78 is 0. The molecule has 1 aromatic rings. The minimum atomic E-state index is 0.678. The maximum Gasteiger partial charge on any atom is -0.0193 e. The molecule has 0 N–H and O–H groups in total. The normalized spacial score (nSPS) is 16.3. The van der Waals surface area contributed by atoms with Gasteiger partial charge < -0.3 is 0 Å². The molecule has 0 fully saturated rings. The second kappa shape index (κ2) is 6.97. The van der Waals surface area contributed by atoms with Crippen molar-refractivity contribution in [2.24, 2.45) is 0 Å². The highest BCUT2D eigenvalue weighted by Crippen LogP contribution is 2.30. The molecule has 3 unspecified atom stereocenters. The summed E-state index contributed by atoms with van der Waals surface area (Å²) >= 11 is 0. The van der Waals surface area contributed by atoms with E-state index in [2.05, 4.69) is 59.7 Å². The van der Waals surface area contributed by atoms with Gasteiger partial charge in [0, 0.05) is 0 Å². The fraction of sp³-hybridized carbons (Fsp3) is 0.667. The van der Waals surface area contributed by atoms with Crippen molar-refractivity contribution in [2.75, 3.05) is 0 Å². The smallest absolute Gasteiger partial charge is 0.0193 e. The molecule has 0 aliphatic heterocycles. The average Bonchev–Trinajstić information content (AvgIpc) is 2.43. The standard InChI is InChI=1S/C18H30/c1-7-13(4)16-10-17(14(5)8-2)12-18(11-16)15(6)9-3/h10-15H,7-9H2,1-6H3. The lowest BCUT2D eigenvalue weighted by Gasteiger charge is -2.19. The van der Waals surface area contributed by atoms with Crippen molar-refractivity contribution in [3.8, 4) is 0 Å². The Bertz CT molecular complexity index is 295. The summed E-state index contributed by atoms with van der Waals surface area (Å²) in [6.45, 7) is 13.9. The monoisotopic (exact) mass is 246 g/mol. The van der Waals surface area contributed by atoms with Crippen LogP contribution in [0, 0.1) is 0 Å². The van der Waals surface area contributed by atoms with Gasteiger partial charge in [-0.3, -0.25) is 0 Å². The van der Waals surface area contributed by atoms with E-state index in [0.29, 0.717) is 17.8 Å². The zero-order valence-electron chi connectivity index (χ0n) is 13.1. The van der Waals surface area contributed by atoms with Crippen molar-refractivity contribution in [3.63, 3.8) is 0 Å². The van der Waals surface area contributed by atoms with Crippen LogP contribution in [0.5, 0.6) is 0 Å². The van der Waals surface area contributed by atoms with Gasteiger partial charge in [0.1, 0.15) is 0 Å². The minimum Gasteiger partial charge on any atom is -0.0648 e. The molecule has 102 valence electrons. The Balaban J connectivity index is 3.19. The fourth-order valence-electron chi connectivity index (χ4n) is 2.26. The Kier molecular flexibility index (Phi) is 5.91. The molecule has 3 atom stereocenters. The second-order valence-corrected chi connectivity index (χ2v) is 5.86. The van der Waals surface area contributed by atoms with Crippen LogP contribution in [-0.4, -0.2) is 0 Å². The lowest BCUT2D eigenvalue weighted by Crippen LogP contribution is -2.01. The van der Waals surface area contributed by atoms with Gasteiger partial charge in [-0.1, -0.05) is 59.7 Å². The number of hydrogen-bond donors (Lipinski definition) is 0. The number of benzene rings is 1. The second-order valence-electron chi connectivity index (χ2n) is 5.86. The van der Waals surface area contributed by atoms with Gasteiger partial charge in [0.2, 0.25) is 0 Å². The third-order valence-corrected chi connectivity index (χ3v) is 4.54. The van der Waals surface area contributed by atoms with E-state index >= 15 is 0 Å². The molecule has 0 aliphatic rings. The molecule has 0 saturated carbocycles. The Labute approximate surface area is 114 Å². The van der Waals surface area contributed by atoms with Gasteiger partial charge >= 0.3 is 0 Å². The van der Waals surface area contributed by atoms with Crippen LogP contribution in [0.1, 0.15) is 95.2 Å². The van der Waals surface area contributed by atoms with Crippen molar-refractivity contribution in [3.05, 3.63) is 34.9 Å². The predicted octanol–water partition coefficient (Wildman–Crippen LogP) is 6.23. The first-order valence-electron chi connectivity index (χ1n) is 7.68. The average molecular weight is 246 g/mol. The lowest BCUT2D eigenvalue weighted by atomic mass is 9.86. The molecule has 18 heavy (non-hydrogen) atoms. The molecular weight excluding hydrogens is 216 g/mol. The summed E-state index contributed by atoms with van der Waals surface area (Å²) in [5.74, 6) is 2.03. The van der Waals surface area contributed by atoms with Gasteiger partial charge in [-0.2, -0.15) is 0 Å². The van der Waals surface area contributed by atoms with Crippen LogP contribution in [-0.2, 0) is 0 Å². The molecule has 0 saturated heterocycles. The third-order valence-electron chi connectivity index (χ3n) is 4.54. The summed E-state index contributed by atoms with van der Waals surface area (Å²) in [6.07, 6.45) is 3.68. The van der Waals surface area contributed by atoms with E-state index in [1.807, 2.05) is 0 Å². The summed E-state index contributed by atoms with van der Waals surface area (Å²) in [6, 6.07) is 7.32. The van der Waals surface area contributed by atoms with Crippen LogP contribution < -0.4 is 0 Å². The first-order chi connectivity index (χ1) is 8.53. The van der Waals surface area contributed by atoms with Crippen LogP contribution >= 0.6 is 0 Å². The van der Waals surface area contributed by atoms with Gasteiger partial charge in [0.25, 0.3) is 0 Å². The Morgan fingerprint density at radius 3 is 1.00 bits per heavy atom. The van der Waals surface area contributed by atoms with E-state index in [1.165, 1.54) is 36.0 Å². The Morgan fingerprint density at radius 1 is 0.611 bits per heavy atom. The first-order valence-corrected chi connectivity index (χ1v) is 7.68. The summed E-state index contributed by atoms with van der Waals surface area (Å²) in [5, 5.41) is 0. The molecule has 0 radical (unpaired) electrons. The lowest BCUT2D eigenvalue weighted by molar-refractivity contribution is 0.690. The maximum atomic E-state index is 2.44. The fourth-order valence-corrected chi connectivity index (χ4v) is 2.26. The number of hydrogen-bond acceptors (Lipinski definition) is 0. The maximum absolute atomic E-state index is 2.44. The molecule has 1 rings (SSSR count). The van der Waals surface area contributed by atoms with E-state index in [0.717, 1.165) is 0 Å². The van der Waals surface area contributed by atoms with Gasteiger partial charge in [-0.15, -0.1) is 0 Å². The van der Waals surface area contributed by atoms with Gasteiger partial charge in [-0.05, 0) is 53.7 Å². The summed E-state index contributed by atoms with van der Waals surface area (Å²) in [5.41, 5.74) is 4.60. The minimum absolute atomic E-state index is 0.678. The topological polar surface area (TPSA) is 0 Å². The molecule has 0 bridgehead atoms. The molecule has 0 aliphatic carbocycles. The molecule has 0 heterocycles. The van der Waals surface area contributed by atoms with Crippen LogP contribution in [0.2, 0.25) is 0 Å². The van der Waals surface area contributed by atoms with E-state index in [9.17, 15) is 0 Å². The largest absolute Gasteiger partial charge is 0.0648 e. The first kappa shape index (κ1) is 15.3. The third kappa shape index (κ3) is 3.60. The summed E-state index contributed by atoms with van der Waals surface area (Å²) in [7, 11) is 0. The van der Waals surface area contributed by atoms with E-state index in [4.69, 9.17) is 0 Å². The molecule has 0 nitrogen and oxygen atoms in total. The zero-order valence-corrected chi connectivity index (χ0v) is 13.1. The summed E-state index contributed by atoms with van der Waals surface area (Å²) in [4.78, 5) is 0. The molecule has 0 spiro atoms. The van der Waals surface area contributed by atoms with Crippen LogP contribution in [0.25, 0.3) is 0 Å². The number of rotatable bonds is 6. The van der Waals surface area contributed by atoms with Crippen molar-refractivity contribution in [2.45, 2.75) is 78.6 Å². The highest BCUT2D eigenvalue weighted by atomic mass is 14.2. The van der Waals surface area contributed by atoms with Gasteiger partial charge in [0.15, 0.2) is 0 Å². The highest BCUT2D eigenvalue weighted by Gasteiger charge is 2.12. The molecule has 0 amide bonds. The molecule has 0 aromatic heterocycles. The zero-order chi connectivity index (χ0) is 13.7. The highest BCUT2D eigenvalue weighted by molar-refractivity contribution is 5.35. The molecule has 1 aromatic carbocycles. The van der Waals surface area contributed by atoms with Crippen molar-refractivity contribution < 1.29 is 0 Å². The van der Waals surface area contributed by atoms with Crippen LogP contribution in [0.15, 0.2) is 18.2 Å². The SMILES string of the molecule is CCC(C)c1cc(C(C)CC)cc(C(C)CC)c1. The van der Waals surface area contributed by atoms with E-state index < -0.39 is 0 Å². The molecular formula is C18H30.